The Balaban J connectivity index is 0.00000484. The van der Waals surface area contributed by atoms with Gasteiger partial charge in [-0.15, -0.1) is 12.4 Å². The van der Waals surface area contributed by atoms with Crippen LogP contribution in [0.25, 0.3) is 0 Å². The van der Waals surface area contributed by atoms with Crippen LogP contribution in [0.3, 0.4) is 0 Å². The van der Waals surface area contributed by atoms with Crippen molar-refractivity contribution in [2.45, 2.75) is 33.6 Å². The number of hydrogen-bond donors (Lipinski definition) is 3. The summed E-state index contributed by atoms with van der Waals surface area (Å²) in [5.74, 6) is 0.438. The number of carbonyl (C=O) groups is 2. The summed E-state index contributed by atoms with van der Waals surface area (Å²) in [5.41, 5.74) is 6.46. The maximum Gasteiger partial charge on any atom is 0.225 e. The number of anilines is 2. The Labute approximate surface area is 143 Å². The quantitative estimate of drug-likeness (QED) is 0.546. The van der Waals surface area contributed by atoms with Gasteiger partial charge in [0.25, 0.3) is 0 Å². The Kier molecular flexibility index (Phi) is 8.46. The molecule has 0 spiro atoms. The number of benzene rings is 1. The minimum absolute atomic E-state index is 0. The van der Waals surface area contributed by atoms with Gasteiger partial charge in [-0.3, -0.25) is 9.59 Å². The van der Waals surface area contributed by atoms with Crippen LogP contribution in [-0.2, 0) is 9.59 Å². The first-order chi connectivity index (χ1) is 10.2. The molecule has 7 heteroatoms. The molecule has 0 aromatic heterocycles. The van der Waals surface area contributed by atoms with Crippen molar-refractivity contribution in [3.63, 3.8) is 0 Å². The average molecular weight is 344 g/mol. The van der Waals surface area contributed by atoms with Crippen LogP contribution in [0.2, 0.25) is 0 Å². The normalized spacial score (nSPS) is 10.4. The van der Waals surface area contributed by atoms with E-state index in [1.54, 1.807) is 18.2 Å². The molecule has 0 saturated carbocycles. The van der Waals surface area contributed by atoms with Gasteiger partial charge in [-0.1, -0.05) is 20.8 Å². The lowest BCUT2D eigenvalue weighted by Gasteiger charge is -2.17. The summed E-state index contributed by atoms with van der Waals surface area (Å²) >= 11 is 0. The van der Waals surface area contributed by atoms with Crippen molar-refractivity contribution in [2.75, 3.05) is 24.7 Å². The van der Waals surface area contributed by atoms with Crippen LogP contribution < -0.4 is 21.1 Å². The molecule has 0 unspecified atom stereocenters. The topological polar surface area (TPSA) is 93.5 Å². The summed E-state index contributed by atoms with van der Waals surface area (Å²) in [7, 11) is 1.54. The predicted octanol–water partition coefficient (Wildman–Crippen LogP) is 2.58. The first-order valence-corrected chi connectivity index (χ1v) is 7.25. The zero-order valence-electron chi connectivity index (χ0n) is 14.1. The van der Waals surface area contributed by atoms with Gasteiger partial charge in [-0.2, -0.15) is 0 Å². The van der Waals surface area contributed by atoms with Gasteiger partial charge in [0, 0.05) is 24.1 Å². The summed E-state index contributed by atoms with van der Waals surface area (Å²) in [4.78, 5) is 23.5. The number of hydrogen-bond acceptors (Lipinski definition) is 4. The molecule has 0 aliphatic rings. The van der Waals surface area contributed by atoms with E-state index < -0.39 is 5.41 Å². The molecule has 0 aliphatic carbocycles. The highest BCUT2D eigenvalue weighted by Crippen LogP contribution is 2.24. The van der Waals surface area contributed by atoms with E-state index in [-0.39, 0.29) is 24.2 Å². The number of amides is 2. The monoisotopic (exact) mass is 343 g/mol. The largest absolute Gasteiger partial charge is 0.495 e. The van der Waals surface area contributed by atoms with Gasteiger partial charge >= 0.3 is 0 Å². The second-order valence-electron chi connectivity index (χ2n) is 6.11. The maximum absolute atomic E-state index is 11.8. The second kappa shape index (κ2) is 9.25. The van der Waals surface area contributed by atoms with Gasteiger partial charge in [0.15, 0.2) is 0 Å². The van der Waals surface area contributed by atoms with E-state index in [4.69, 9.17) is 10.5 Å². The molecule has 6 nitrogen and oxygen atoms in total. The molecule has 0 heterocycles. The van der Waals surface area contributed by atoms with Crippen molar-refractivity contribution >= 4 is 35.6 Å². The molecule has 0 saturated heterocycles. The number of nitrogens with two attached hydrogens (primary N) is 1. The third-order valence-electron chi connectivity index (χ3n) is 3.06. The van der Waals surface area contributed by atoms with Crippen molar-refractivity contribution in [1.82, 2.24) is 5.32 Å². The van der Waals surface area contributed by atoms with Crippen LogP contribution in [0.15, 0.2) is 18.2 Å². The number of carbonyl (C=O) groups excluding carboxylic acids is 2. The van der Waals surface area contributed by atoms with E-state index in [1.807, 2.05) is 20.8 Å². The highest BCUT2D eigenvalue weighted by molar-refractivity contribution is 5.91. The third kappa shape index (κ3) is 7.23. The van der Waals surface area contributed by atoms with E-state index in [0.717, 1.165) is 0 Å². The maximum atomic E-state index is 11.8. The highest BCUT2D eigenvalue weighted by atomic mass is 35.5. The molecule has 0 fully saturated rings. The molecule has 0 aliphatic heterocycles. The van der Waals surface area contributed by atoms with Gasteiger partial charge in [0.1, 0.15) is 5.75 Å². The lowest BCUT2D eigenvalue weighted by atomic mass is 9.96. The number of rotatable bonds is 6. The summed E-state index contributed by atoms with van der Waals surface area (Å²) in [6.07, 6.45) is 0.912. The molecule has 4 N–H and O–H groups in total. The van der Waals surface area contributed by atoms with Crippen molar-refractivity contribution in [1.29, 1.82) is 0 Å². The van der Waals surface area contributed by atoms with Crippen LogP contribution in [0.1, 0.15) is 33.6 Å². The van der Waals surface area contributed by atoms with E-state index in [2.05, 4.69) is 10.6 Å². The fourth-order valence-electron chi connectivity index (χ4n) is 1.75. The van der Waals surface area contributed by atoms with E-state index in [0.29, 0.717) is 36.5 Å². The van der Waals surface area contributed by atoms with E-state index >= 15 is 0 Å². The first-order valence-electron chi connectivity index (χ1n) is 7.25. The molecule has 0 atom stereocenters. The van der Waals surface area contributed by atoms with Gasteiger partial charge < -0.3 is 21.1 Å². The number of halogens is 1. The third-order valence-corrected chi connectivity index (χ3v) is 3.06. The molecule has 2 amide bonds. The molecule has 130 valence electrons. The number of nitrogens with one attached hydrogen (secondary N) is 2. The highest BCUT2D eigenvalue weighted by Gasteiger charge is 2.20. The van der Waals surface area contributed by atoms with Gasteiger partial charge in [-0.05, 0) is 24.6 Å². The van der Waals surface area contributed by atoms with Crippen molar-refractivity contribution in [3.8, 4) is 5.75 Å². The van der Waals surface area contributed by atoms with Gasteiger partial charge in [0.2, 0.25) is 11.8 Å². The van der Waals surface area contributed by atoms with Gasteiger partial charge in [0.05, 0.1) is 12.8 Å². The molecular weight excluding hydrogens is 318 g/mol. The predicted molar refractivity (Wildman–Crippen MR) is 95.0 cm³/mol. The Morgan fingerprint density at radius 1 is 1.26 bits per heavy atom. The van der Waals surface area contributed by atoms with E-state index in [1.165, 1.54) is 7.11 Å². The Hall–Kier alpha value is -1.95. The number of nitrogen functional groups attached to an aromatic ring is 1. The minimum Gasteiger partial charge on any atom is -0.495 e. The molecule has 0 bridgehead atoms. The average Bonchev–Trinajstić information content (AvgIpc) is 2.42. The lowest BCUT2D eigenvalue weighted by Crippen LogP contribution is -2.35. The minimum atomic E-state index is -0.414. The first kappa shape index (κ1) is 21.0. The summed E-state index contributed by atoms with van der Waals surface area (Å²) in [6.45, 7) is 6.03. The molecule has 1 aromatic rings. The fourth-order valence-corrected chi connectivity index (χ4v) is 1.75. The van der Waals surface area contributed by atoms with Crippen molar-refractivity contribution in [2.24, 2.45) is 5.41 Å². The lowest BCUT2D eigenvalue weighted by molar-refractivity contribution is -0.128. The molecule has 1 rings (SSSR count). The van der Waals surface area contributed by atoms with Crippen LogP contribution in [-0.4, -0.2) is 25.5 Å². The number of methoxy groups -OCH3 is 1. The smallest absolute Gasteiger partial charge is 0.225 e. The van der Waals surface area contributed by atoms with Crippen molar-refractivity contribution in [3.05, 3.63) is 18.2 Å². The van der Waals surface area contributed by atoms with Crippen LogP contribution >= 0.6 is 12.4 Å². The standard InChI is InChI=1S/C16H25N3O3.ClH/c1-16(2,3)15(21)18-9-5-6-14(20)19-11-7-8-13(22-4)12(17)10-11;/h7-8,10H,5-6,9,17H2,1-4H3,(H,18,21)(H,19,20);1H. The summed E-state index contributed by atoms with van der Waals surface area (Å²) < 4.78 is 5.06. The summed E-state index contributed by atoms with van der Waals surface area (Å²) in [6, 6.07) is 5.08. The summed E-state index contributed by atoms with van der Waals surface area (Å²) in [5, 5.41) is 5.58. The second-order valence-corrected chi connectivity index (χ2v) is 6.11. The molecule has 1 aromatic carbocycles. The van der Waals surface area contributed by atoms with Crippen LogP contribution in [0.4, 0.5) is 11.4 Å². The molecular formula is C16H26ClN3O3. The Morgan fingerprint density at radius 2 is 1.91 bits per heavy atom. The van der Waals surface area contributed by atoms with Gasteiger partial charge in [-0.25, -0.2) is 0 Å². The van der Waals surface area contributed by atoms with Crippen LogP contribution in [0.5, 0.6) is 5.75 Å². The Bertz CT molecular complexity index is 542. The molecule has 0 radical (unpaired) electrons. The SMILES string of the molecule is COc1ccc(NC(=O)CCCNC(=O)C(C)(C)C)cc1N.Cl. The Morgan fingerprint density at radius 3 is 2.43 bits per heavy atom. The zero-order valence-corrected chi connectivity index (χ0v) is 14.9. The molecule has 23 heavy (non-hydrogen) atoms. The van der Waals surface area contributed by atoms with Crippen molar-refractivity contribution < 1.29 is 14.3 Å². The van der Waals surface area contributed by atoms with Crippen LogP contribution in [0, 0.1) is 5.41 Å². The fraction of sp³-hybridized carbons (Fsp3) is 0.500. The number of ether oxygens (including phenoxy) is 1. The zero-order chi connectivity index (χ0) is 16.8. The van der Waals surface area contributed by atoms with E-state index in [9.17, 15) is 9.59 Å².